The number of aliphatic hydroxyl groups is 1. The summed E-state index contributed by atoms with van der Waals surface area (Å²) in [6.07, 6.45) is 18.4. The Hall–Kier alpha value is -0.830. The molecule has 3 nitrogen and oxygen atoms in total. The molecule has 1 aliphatic rings. The molecule has 0 unspecified atom stereocenters. The van der Waals surface area contributed by atoms with Gasteiger partial charge in [0.05, 0.1) is 6.10 Å². The van der Waals surface area contributed by atoms with E-state index < -0.39 is 5.97 Å². The highest BCUT2D eigenvalue weighted by Gasteiger charge is 2.32. The zero-order valence-corrected chi connectivity index (χ0v) is 14.9. The summed E-state index contributed by atoms with van der Waals surface area (Å²) in [5.41, 5.74) is 0. The highest BCUT2D eigenvalue weighted by molar-refractivity contribution is 5.66. The van der Waals surface area contributed by atoms with Crippen LogP contribution in [0.1, 0.15) is 90.4 Å². The Morgan fingerprint density at radius 2 is 1.78 bits per heavy atom. The SMILES string of the molecule is CCCCCCC=C[C@H]1CC[C@@H](O)[C@@H]1CCCCCCC(=O)O. The first-order valence-corrected chi connectivity index (χ1v) is 9.71. The number of carboxylic acids is 1. The summed E-state index contributed by atoms with van der Waals surface area (Å²) in [5, 5.41) is 18.8. The number of hydrogen-bond donors (Lipinski definition) is 2. The lowest BCUT2D eigenvalue weighted by Gasteiger charge is -2.19. The van der Waals surface area contributed by atoms with E-state index in [-0.39, 0.29) is 12.5 Å². The summed E-state index contributed by atoms with van der Waals surface area (Å²) in [5.74, 6) is 0.275. The Bertz CT molecular complexity index is 338. The molecule has 0 aromatic heterocycles. The van der Waals surface area contributed by atoms with Gasteiger partial charge in [0, 0.05) is 6.42 Å². The van der Waals surface area contributed by atoms with Gasteiger partial charge in [0.2, 0.25) is 0 Å². The molecule has 1 saturated carbocycles. The number of carboxylic acid groups (broad SMARTS) is 1. The van der Waals surface area contributed by atoms with Gasteiger partial charge in [0.15, 0.2) is 0 Å². The Morgan fingerprint density at radius 1 is 1.04 bits per heavy atom. The Morgan fingerprint density at radius 3 is 2.52 bits per heavy atom. The van der Waals surface area contributed by atoms with Crippen LogP contribution in [0, 0.1) is 11.8 Å². The maximum atomic E-state index is 10.5. The third-order valence-corrected chi connectivity index (χ3v) is 5.13. The molecule has 134 valence electrons. The molecule has 0 aromatic rings. The van der Waals surface area contributed by atoms with E-state index in [0.717, 1.165) is 44.9 Å². The normalized spacial score (nSPS) is 24.5. The highest BCUT2D eigenvalue weighted by atomic mass is 16.4. The van der Waals surface area contributed by atoms with E-state index in [4.69, 9.17) is 5.11 Å². The topological polar surface area (TPSA) is 57.5 Å². The molecule has 0 aromatic carbocycles. The standard InChI is InChI=1S/C20H36O3/c1-2-3-4-5-6-9-12-17-15-16-19(21)18(17)13-10-7-8-11-14-20(22)23/h9,12,17-19,21H,2-8,10-11,13-16H2,1H3,(H,22,23)/t17-,18+,19+/m0/s1. The van der Waals surface area contributed by atoms with Crippen molar-refractivity contribution in [2.45, 2.75) is 96.5 Å². The molecule has 1 aliphatic carbocycles. The number of unbranched alkanes of at least 4 members (excludes halogenated alkanes) is 7. The third-order valence-electron chi connectivity index (χ3n) is 5.13. The van der Waals surface area contributed by atoms with Crippen molar-refractivity contribution in [2.75, 3.05) is 0 Å². The van der Waals surface area contributed by atoms with Crippen LogP contribution in [-0.4, -0.2) is 22.3 Å². The summed E-state index contributed by atoms with van der Waals surface area (Å²) in [6, 6.07) is 0. The van der Waals surface area contributed by atoms with Crippen molar-refractivity contribution < 1.29 is 15.0 Å². The number of aliphatic carboxylic acids is 1. The van der Waals surface area contributed by atoms with Crippen LogP contribution in [0.2, 0.25) is 0 Å². The van der Waals surface area contributed by atoms with Gasteiger partial charge in [-0.3, -0.25) is 4.79 Å². The fourth-order valence-electron chi connectivity index (χ4n) is 3.69. The van der Waals surface area contributed by atoms with E-state index in [1.807, 2.05) is 0 Å². The zero-order chi connectivity index (χ0) is 16.9. The molecule has 0 saturated heterocycles. The first-order valence-electron chi connectivity index (χ1n) is 9.71. The third kappa shape index (κ3) is 9.14. The summed E-state index contributed by atoms with van der Waals surface area (Å²) >= 11 is 0. The van der Waals surface area contributed by atoms with Gasteiger partial charge in [-0.25, -0.2) is 0 Å². The summed E-state index contributed by atoms with van der Waals surface area (Å²) in [6.45, 7) is 2.24. The zero-order valence-electron chi connectivity index (χ0n) is 14.9. The van der Waals surface area contributed by atoms with E-state index in [0.29, 0.717) is 11.8 Å². The fraction of sp³-hybridized carbons (Fsp3) is 0.850. The Balaban J connectivity index is 2.17. The second-order valence-electron chi connectivity index (χ2n) is 7.10. The molecule has 23 heavy (non-hydrogen) atoms. The van der Waals surface area contributed by atoms with E-state index in [9.17, 15) is 9.90 Å². The lowest BCUT2D eigenvalue weighted by Crippen LogP contribution is -2.18. The van der Waals surface area contributed by atoms with Gasteiger partial charge >= 0.3 is 5.97 Å². The highest BCUT2D eigenvalue weighted by Crippen LogP contribution is 2.36. The van der Waals surface area contributed by atoms with Crippen LogP contribution >= 0.6 is 0 Å². The molecule has 0 heterocycles. The molecule has 3 heteroatoms. The maximum absolute atomic E-state index is 10.5. The lowest BCUT2D eigenvalue weighted by atomic mass is 9.88. The van der Waals surface area contributed by atoms with Crippen molar-refractivity contribution in [3.63, 3.8) is 0 Å². The second-order valence-corrected chi connectivity index (χ2v) is 7.10. The minimum absolute atomic E-state index is 0.135. The first-order chi connectivity index (χ1) is 11.1. The summed E-state index contributed by atoms with van der Waals surface area (Å²) in [7, 11) is 0. The van der Waals surface area contributed by atoms with Gasteiger partial charge in [-0.2, -0.15) is 0 Å². The van der Waals surface area contributed by atoms with Crippen LogP contribution in [0.4, 0.5) is 0 Å². The number of hydrogen-bond acceptors (Lipinski definition) is 2. The predicted octanol–water partition coefficient (Wildman–Crippen LogP) is 5.33. The van der Waals surface area contributed by atoms with Crippen molar-refractivity contribution in [2.24, 2.45) is 11.8 Å². The molecular formula is C20H36O3. The van der Waals surface area contributed by atoms with E-state index in [1.54, 1.807) is 0 Å². The van der Waals surface area contributed by atoms with Gasteiger partial charge in [-0.05, 0) is 50.4 Å². The molecule has 0 radical (unpaired) electrons. The van der Waals surface area contributed by atoms with Gasteiger partial charge in [-0.15, -0.1) is 0 Å². The van der Waals surface area contributed by atoms with E-state index in [1.165, 1.54) is 32.1 Å². The lowest BCUT2D eigenvalue weighted by molar-refractivity contribution is -0.137. The van der Waals surface area contributed by atoms with Crippen molar-refractivity contribution >= 4 is 5.97 Å². The van der Waals surface area contributed by atoms with E-state index in [2.05, 4.69) is 19.1 Å². The molecule has 1 fully saturated rings. The molecule has 0 bridgehead atoms. The molecule has 1 rings (SSSR count). The molecular weight excluding hydrogens is 288 g/mol. The number of allylic oxidation sites excluding steroid dienone is 2. The second kappa shape index (κ2) is 12.6. The summed E-state index contributed by atoms with van der Waals surface area (Å²) in [4.78, 5) is 10.5. The van der Waals surface area contributed by atoms with Crippen molar-refractivity contribution in [1.29, 1.82) is 0 Å². The monoisotopic (exact) mass is 324 g/mol. The minimum atomic E-state index is -0.694. The fourth-order valence-corrected chi connectivity index (χ4v) is 3.69. The largest absolute Gasteiger partial charge is 0.481 e. The maximum Gasteiger partial charge on any atom is 0.303 e. The van der Waals surface area contributed by atoms with Gasteiger partial charge < -0.3 is 10.2 Å². The molecule has 0 spiro atoms. The number of aliphatic hydroxyl groups excluding tert-OH is 1. The average Bonchev–Trinajstić information content (AvgIpc) is 2.86. The van der Waals surface area contributed by atoms with Crippen molar-refractivity contribution in [1.82, 2.24) is 0 Å². The number of rotatable bonds is 13. The van der Waals surface area contributed by atoms with Crippen LogP contribution in [-0.2, 0) is 4.79 Å². The van der Waals surface area contributed by atoms with Crippen LogP contribution in [0.3, 0.4) is 0 Å². The molecule has 0 aliphatic heterocycles. The smallest absolute Gasteiger partial charge is 0.303 e. The average molecular weight is 325 g/mol. The van der Waals surface area contributed by atoms with Crippen molar-refractivity contribution in [3.05, 3.63) is 12.2 Å². The predicted molar refractivity (Wildman–Crippen MR) is 95.5 cm³/mol. The van der Waals surface area contributed by atoms with Gasteiger partial charge in [0.25, 0.3) is 0 Å². The molecule has 3 atom stereocenters. The van der Waals surface area contributed by atoms with E-state index >= 15 is 0 Å². The van der Waals surface area contributed by atoms with Crippen LogP contribution < -0.4 is 0 Å². The van der Waals surface area contributed by atoms with Gasteiger partial charge in [-0.1, -0.05) is 57.6 Å². The minimum Gasteiger partial charge on any atom is -0.481 e. The van der Waals surface area contributed by atoms with Crippen LogP contribution in [0.5, 0.6) is 0 Å². The first kappa shape index (κ1) is 20.2. The molecule has 2 N–H and O–H groups in total. The Labute approximate surface area is 142 Å². The van der Waals surface area contributed by atoms with Crippen LogP contribution in [0.25, 0.3) is 0 Å². The van der Waals surface area contributed by atoms with Gasteiger partial charge in [0.1, 0.15) is 0 Å². The van der Waals surface area contributed by atoms with Crippen molar-refractivity contribution in [3.8, 4) is 0 Å². The molecule has 0 amide bonds. The number of carbonyl (C=O) groups is 1. The Kier molecular flexibility index (Phi) is 11.1. The quantitative estimate of drug-likeness (QED) is 0.356. The van der Waals surface area contributed by atoms with Crippen LogP contribution in [0.15, 0.2) is 12.2 Å². The summed E-state index contributed by atoms with van der Waals surface area (Å²) < 4.78 is 0.